The summed E-state index contributed by atoms with van der Waals surface area (Å²) in [5.41, 5.74) is 3.67. The quantitative estimate of drug-likeness (QED) is 0.402. The second kappa shape index (κ2) is 9.75. The third kappa shape index (κ3) is 5.37. The summed E-state index contributed by atoms with van der Waals surface area (Å²) in [5, 5.41) is 0. The summed E-state index contributed by atoms with van der Waals surface area (Å²) in [7, 11) is 0. The largest absolute Gasteiger partial charge is 0.348 e. The molecule has 1 heterocycles. The molecule has 128 valence electrons. The lowest BCUT2D eigenvalue weighted by Crippen LogP contribution is -2.22. The lowest BCUT2D eigenvalue weighted by molar-refractivity contribution is 0.322. The predicted molar refractivity (Wildman–Crippen MR) is 102 cm³/mol. The van der Waals surface area contributed by atoms with Gasteiger partial charge in [-0.15, -0.1) is 0 Å². The molecule has 0 aromatic carbocycles. The second-order valence-corrected chi connectivity index (χ2v) is 6.89. The van der Waals surface area contributed by atoms with Gasteiger partial charge in [0.15, 0.2) is 0 Å². The molecular formula is C21H34N2. The van der Waals surface area contributed by atoms with E-state index in [1.807, 2.05) is 13.1 Å². The van der Waals surface area contributed by atoms with Gasteiger partial charge in [0, 0.05) is 35.9 Å². The van der Waals surface area contributed by atoms with Crippen LogP contribution in [-0.4, -0.2) is 17.7 Å². The van der Waals surface area contributed by atoms with E-state index < -0.39 is 0 Å². The molecule has 1 saturated carbocycles. The molecule has 2 heteroatoms. The van der Waals surface area contributed by atoms with E-state index in [4.69, 9.17) is 0 Å². The van der Waals surface area contributed by atoms with Crippen molar-refractivity contribution in [1.29, 1.82) is 0 Å². The molecule has 0 N–H and O–H groups in total. The Labute approximate surface area is 143 Å². The summed E-state index contributed by atoms with van der Waals surface area (Å²) in [6, 6.07) is 0. The molecule has 1 fully saturated rings. The number of aliphatic imine (C=N–C) groups is 1. The fraction of sp³-hybridized carbons (Fsp3) is 0.667. The molecule has 0 amide bonds. The zero-order valence-corrected chi connectivity index (χ0v) is 15.2. The van der Waals surface area contributed by atoms with Crippen LogP contribution in [0, 0.1) is 5.92 Å². The van der Waals surface area contributed by atoms with Crippen LogP contribution < -0.4 is 0 Å². The molecule has 2 aliphatic rings. The van der Waals surface area contributed by atoms with Gasteiger partial charge in [0.2, 0.25) is 0 Å². The summed E-state index contributed by atoms with van der Waals surface area (Å²) in [5.74, 6) is 1.00. The summed E-state index contributed by atoms with van der Waals surface area (Å²) in [4.78, 5) is 6.88. The lowest BCUT2D eigenvalue weighted by atomic mass is 9.86. The van der Waals surface area contributed by atoms with Crippen molar-refractivity contribution in [3.63, 3.8) is 0 Å². The van der Waals surface area contributed by atoms with Crippen LogP contribution in [0.15, 0.2) is 40.8 Å². The van der Waals surface area contributed by atoms with Crippen molar-refractivity contribution in [2.75, 3.05) is 6.54 Å². The van der Waals surface area contributed by atoms with Crippen molar-refractivity contribution in [1.82, 2.24) is 4.90 Å². The molecule has 0 saturated heterocycles. The first-order chi connectivity index (χ1) is 11.3. The minimum absolute atomic E-state index is 0.970. The molecule has 0 spiro atoms. The smallest absolute Gasteiger partial charge is 0.0452 e. The van der Waals surface area contributed by atoms with Crippen molar-refractivity contribution in [3.8, 4) is 0 Å². The van der Waals surface area contributed by atoms with Gasteiger partial charge < -0.3 is 4.90 Å². The summed E-state index contributed by atoms with van der Waals surface area (Å²) < 4.78 is 0. The number of nitrogens with zero attached hydrogens (tertiary/aromatic N) is 2. The molecule has 1 aliphatic heterocycles. The molecule has 1 aliphatic carbocycles. The van der Waals surface area contributed by atoms with Gasteiger partial charge in [0.25, 0.3) is 0 Å². The molecular weight excluding hydrogens is 280 g/mol. The van der Waals surface area contributed by atoms with Crippen LogP contribution in [0.2, 0.25) is 0 Å². The van der Waals surface area contributed by atoms with Gasteiger partial charge in [-0.1, -0.05) is 64.5 Å². The van der Waals surface area contributed by atoms with Crippen LogP contribution in [0.1, 0.15) is 78.1 Å². The zero-order chi connectivity index (χ0) is 16.5. The highest BCUT2D eigenvalue weighted by Gasteiger charge is 2.17. The van der Waals surface area contributed by atoms with Gasteiger partial charge in [-0.2, -0.15) is 0 Å². The van der Waals surface area contributed by atoms with Crippen LogP contribution >= 0.6 is 0 Å². The number of rotatable bonds is 7. The first-order valence-electron chi connectivity index (χ1n) is 9.59. The van der Waals surface area contributed by atoms with Crippen molar-refractivity contribution >= 4 is 6.21 Å². The molecule has 0 atom stereocenters. The van der Waals surface area contributed by atoms with E-state index in [9.17, 15) is 0 Å². The number of hydrogen-bond donors (Lipinski definition) is 0. The van der Waals surface area contributed by atoms with Crippen molar-refractivity contribution in [2.24, 2.45) is 10.9 Å². The SMILES string of the molecule is C=C1/C(=C(/CC)N=CC)CC=CN1CCCCC1CCCCC1. The average Bonchev–Trinajstić information content (AvgIpc) is 2.59. The molecule has 23 heavy (non-hydrogen) atoms. The Hall–Kier alpha value is -1.31. The Morgan fingerprint density at radius 1 is 1.30 bits per heavy atom. The number of hydrogen-bond acceptors (Lipinski definition) is 2. The van der Waals surface area contributed by atoms with Crippen LogP contribution in [0.5, 0.6) is 0 Å². The second-order valence-electron chi connectivity index (χ2n) is 6.89. The van der Waals surface area contributed by atoms with E-state index in [0.29, 0.717) is 0 Å². The highest BCUT2D eigenvalue weighted by molar-refractivity contribution is 5.56. The van der Waals surface area contributed by atoms with Gasteiger partial charge >= 0.3 is 0 Å². The first kappa shape index (κ1) is 18.0. The van der Waals surface area contributed by atoms with Crippen LogP contribution in [0.25, 0.3) is 0 Å². The Balaban J connectivity index is 1.82. The van der Waals surface area contributed by atoms with E-state index in [1.54, 1.807) is 0 Å². The van der Waals surface area contributed by atoms with Crippen molar-refractivity contribution < 1.29 is 0 Å². The summed E-state index contributed by atoms with van der Waals surface area (Å²) in [6.45, 7) is 9.60. The molecule has 2 nitrogen and oxygen atoms in total. The molecule has 0 aromatic rings. The van der Waals surface area contributed by atoms with E-state index in [0.717, 1.165) is 31.0 Å². The highest BCUT2D eigenvalue weighted by Crippen LogP contribution is 2.30. The van der Waals surface area contributed by atoms with E-state index in [-0.39, 0.29) is 0 Å². The third-order valence-electron chi connectivity index (χ3n) is 5.26. The lowest BCUT2D eigenvalue weighted by Gasteiger charge is -2.29. The zero-order valence-electron chi connectivity index (χ0n) is 15.2. The summed E-state index contributed by atoms with van der Waals surface area (Å²) in [6.07, 6.45) is 19.7. The Morgan fingerprint density at radius 3 is 2.78 bits per heavy atom. The number of unbranched alkanes of at least 4 members (excludes halogenated alkanes) is 1. The van der Waals surface area contributed by atoms with Crippen LogP contribution in [0.3, 0.4) is 0 Å². The number of allylic oxidation sites excluding steroid dienone is 3. The minimum Gasteiger partial charge on any atom is -0.348 e. The molecule has 0 bridgehead atoms. The minimum atomic E-state index is 0.970. The Bertz CT molecular complexity index is 464. The Kier molecular flexibility index (Phi) is 7.64. The van der Waals surface area contributed by atoms with Gasteiger partial charge in [-0.05, 0) is 32.1 Å². The highest BCUT2D eigenvalue weighted by atomic mass is 15.1. The van der Waals surface area contributed by atoms with Crippen molar-refractivity contribution in [3.05, 3.63) is 35.8 Å². The van der Waals surface area contributed by atoms with Gasteiger partial charge in [0.05, 0.1) is 0 Å². The topological polar surface area (TPSA) is 15.6 Å². The van der Waals surface area contributed by atoms with E-state index in [2.05, 4.69) is 35.7 Å². The molecule has 0 radical (unpaired) electrons. The van der Waals surface area contributed by atoms with Gasteiger partial charge in [-0.3, -0.25) is 4.99 Å². The van der Waals surface area contributed by atoms with Crippen LogP contribution in [-0.2, 0) is 0 Å². The van der Waals surface area contributed by atoms with Crippen LogP contribution in [0.4, 0.5) is 0 Å². The monoisotopic (exact) mass is 314 g/mol. The molecule has 2 rings (SSSR count). The average molecular weight is 315 g/mol. The fourth-order valence-electron chi connectivity index (χ4n) is 3.90. The van der Waals surface area contributed by atoms with Gasteiger partial charge in [-0.25, -0.2) is 0 Å². The maximum absolute atomic E-state index is 4.54. The maximum atomic E-state index is 4.54. The van der Waals surface area contributed by atoms with Gasteiger partial charge in [0.1, 0.15) is 0 Å². The summed E-state index contributed by atoms with van der Waals surface area (Å²) >= 11 is 0. The predicted octanol–water partition coefficient (Wildman–Crippen LogP) is 6.22. The Morgan fingerprint density at radius 2 is 2.09 bits per heavy atom. The molecule has 0 unspecified atom stereocenters. The fourth-order valence-corrected chi connectivity index (χ4v) is 3.90. The normalized spacial score (nSPS) is 22.2. The maximum Gasteiger partial charge on any atom is 0.0452 e. The van der Waals surface area contributed by atoms with Crippen molar-refractivity contribution in [2.45, 2.75) is 78.1 Å². The first-order valence-corrected chi connectivity index (χ1v) is 9.59. The third-order valence-corrected chi connectivity index (χ3v) is 5.26. The molecule has 0 aromatic heterocycles. The standard InChI is InChI=1S/C21H34N2/c1-4-21(22-5-2)20-15-11-17-23(18(20)3)16-10-9-14-19-12-7-6-8-13-19/h5,11,17,19H,3-4,6-10,12-16H2,1-2H3/b21-20-,22-5?. The van der Waals surface area contributed by atoms with E-state index >= 15 is 0 Å². The van der Waals surface area contributed by atoms with E-state index in [1.165, 1.54) is 62.6 Å².